The van der Waals surface area contributed by atoms with Crippen molar-refractivity contribution >= 4 is 11.6 Å². The quantitative estimate of drug-likeness (QED) is 0.486. The zero-order valence-electron chi connectivity index (χ0n) is 6.84. The van der Waals surface area contributed by atoms with Crippen LogP contribution < -0.4 is 0 Å². The van der Waals surface area contributed by atoms with Gasteiger partial charge in [0.25, 0.3) is 0 Å². The van der Waals surface area contributed by atoms with Crippen molar-refractivity contribution in [1.82, 2.24) is 10.2 Å². The van der Waals surface area contributed by atoms with Gasteiger partial charge in [0, 0.05) is 12.3 Å². The summed E-state index contributed by atoms with van der Waals surface area (Å²) in [7, 11) is 0. The van der Waals surface area contributed by atoms with Gasteiger partial charge in [-0.3, -0.25) is 0 Å². The first kappa shape index (κ1) is 9.02. The van der Waals surface area contributed by atoms with Crippen LogP contribution in [0.5, 0.6) is 0 Å². The van der Waals surface area contributed by atoms with Gasteiger partial charge >= 0.3 is 0 Å². The lowest BCUT2D eigenvalue weighted by molar-refractivity contribution is 0.966. The maximum atomic E-state index is 5.45. The average Bonchev–Trinajstić information content (AvgIpc) is 2.09. The van der Waals surface area contributed by atoms with Crippen molar-refractivity contribution in [2.45, 2.75) is 13.3 Å². The molecule has 0 fully saturated rings. The number of nitrogens with zero attached hydrogens (tertiary/aromatic N) is 2. The number of alkyl halides is 1. The molecule has 0 amide bonds. The van der Waals surface area contributed by atoms with Crippen molar-refractivity contribution < 1.29 is 0 Å². The highest BCUT2D eigenvalue weighted by atomic mass is 35.5. The Balaban J connectivity index is 2.66. The molecule has 62 valence electrons. The number of aryl methyl sites for hydroxylation is 1. The van der Waals surface area contributed by atoms with Gasteiger partial charge in [0.05, 0.1) is 5.69 Å². The Morgan fingerprint density at radius 3 is 2.83 bits per heavy atom. The van der Waals surface area contributed by atoms with E-state index in [1.807, 2.05) is 19.1 Å². The SMILES string of the molecule is Cc1ccc(C#CCCCl)nn1. The standard InChI is InChI=1S/C9H9ClN2/c1-8-5-6-9(12-11-8)4-2-3-7-10/h5-6H,3,7H2,1H3. The highest BCUT2D eigenvalue weighted by Gasteiger charge is 1.87. The Bertz CT molecular complexity index is 295. The van der Waals surface area contributed by atoms with Gasteiger partial charge in [-0.15, -0.1) is 16.7 Å². The average molecular weight is 181 g/mol. The van der Waals surface area contributed by atoms with Gasteiger partial charge in [0.1, 0.15) is 5.69 Å². The molecule has 1 heterocycles. The summed E-state index contributed by atoms with van der Waals surface area (Å²) in [5, 5.41) is 7.76. The van der Waals surface area contributed by atoms with E-state index in [9.17, 15) is 0 Å². The predicted octanol–water partition coefficient (Wildman–Crippen LogP) is 1.77. The minimum atomic E-state index is 0.562. The monoisotopic (exact) mass is 180 g/mol. The maximum Gasteiger partial charge on any atom is 0.135 e. The molecule has 0 aliphatic rings. The molecule has 0 unspecified atom stereocenters. The van der Waals surface area contributed by atoms with Crippen molar-refractivity contribution in [2.75, 3.05) is 5.88 Å². The third-order valence-electron chi connectivity index (χ3n) is 1.23. The number of aromatic nitrogens is 2. The number of hydrogen-bond donors (Lipinski definition) is 0. The van der Waals surface area contributed by atoms with E-state index in [0.29, 0.717) is 18.0 Å². The lowest BCUT2D eigenvalue weighted by atomic mass is 10.3. The highest BCUT2D eigenvalue weighted by Crippen LogP contribution is 1.92. The summed E-state index contributed by atoms with van der Waals surface area (Å²) in [6, 6.07) is 3.74. The molecule has 1 aromatic rings. The Morgan fingerprint density at radius 2 is 2.25 bits per heavy atom. The fraction of sp³-hybridized carbons (Fsp3) is 0.333. The maximum absolute atomic E-state index is 5.45. The van der Waals surface area contributed by atoms with E-state index in [0.717, 1.165) is 5.69 Å². The normalized spacial score (nSPS) is 8.83. The number of halogens is 1. The van der Waals surface area contributed by atoms with E-state index in [4.69, 9.17) is 11.6 Å². The van der Waals surface area contributed by atoms with Crippen LogP contribution in [0.3, 0.4) is 0 Å². The van der Waals surface area contributed by atoms with Crippen molar-refractivity contribution in [3.05, 3.63) is 23.5 Å². The van der Waals surface area contributed by atoms with Gasteiger partial charge < -0.3 is 0 Å². The lowest BCUT2D eigenvalue weighted by Gasteiger charge is -1.88. The van der Waals surface area contributed by atoms with Crippen LogP contribution >= 0.6 is 11.6 Å². The minimum absolute atomic E-state index is 0.562. The van der Waals surface area contributed by atoms with Crippen molar-refractivity contribution in [1.29, 1.82) is 0 Å². The fourth-order valence-electron chi connectivity index (χ4n) is 0.666. The molecule has 0 aliphatic carbocycles. The Labute approximate surface area is 77.0 Å². The molecule has 0 radical (unpaired) electrons. The highest BCUT2D eigenvalue weighted by molar-refractivity contribution is 6.18. The Morgan fingerprint density at radius 1 is 1.42 bits per heavy atom. The van der Waals surface area contributed by atoms with Gasteiger partial charge in [-0.25, -0.2) is 0 Å². The van der Waals surface area contributed by atoms with E-state index in [-0.39, 0.29) is 0 Å². The molecule has 2 nitrogen and oxygen atoms in total. The minimum Gasteiger partial charge on any atom is -0.155 e. The third kappa shape index (κ3) is 2.89. The molecule has 1 aromatic heterocycles. The zero-order valence-corrected chi connectivity index (χ0v) is 7.60. The van der Waals surface area contributed by atoms with E-state index in [1.54, 1.807) is 0 Å². The Kier molecular flexibility index (Phi) is 3.56. The largest absolute Gasteiger partial charge is 0.155 e. The van der Waals surface area contributed by atoms with Crippen LogP contribution in [-0.4, -0.2) is 16.1 Å². The second-order valence-electron chi connectivity index (χ2n) is 2.30. The summed E-state index contributed by atoms with van der Waals surface area (Å²) in [6.45, 7) is 1.89. The first-order chi connectivity index (χ1) is 5.83. The first-order valence-corrected chi connectivity index (χ1v) is 4.21. The van der Waals surface area contributed by atoms with Crippen LogP contribution in [0.25, 0.3) is 0 Å². The molecule has 0 saturated heterocycles. The van der Waals surface area contributed by atoms with Crippen LogP contribution in [0.15, 0.2) is 12.1 Å². The zero-order chi connectivity index (χ0) is 8.81. The summed E-state index contributed by atoms with van der Waals surface area (Å²) >= 11 is 5.45. The molecule has 12 heavy (non-hydrogen) atoms. The van der Waals surface area contributed by atoms with Crippen LogP contribution in [-0.2, 0) is 0 Å². The van der Waals surface area contributed by atoms with Crippen LogP contribution in [0.2, 0.25) is 0 Å². The molecule has 0 N–H and O–H groups in total. The molecule has 0 aliphatic heterocycles. The summed E-state index contributed by atoms with van der Waals surface area (Å²) in [6.07, 6.45) is 0.692. The number of rotatable bonds is 1. The molecule has 0 aromatic carbocycles. The third-order valence-corrected chi connectivity index (χ3v) is 1.42. The van der Waals surface area contributed by atoms with Crippen LogP contribution in [0, 0.1) is 18.8 Å². The summed E-state index contributed by atoms with van der Waals surface area (Å²) < 4.78 is 0. The molecule has 1 rings (SSSR count). The van der Waals surface area contributed by atoms with Gasteiger partial charge in [-0.05, 0) is 25.0 Å². The van der Waals surface area contributed by atoms with Crippen molar-refractivity contribution in [3.8, 4) is 11.8 Å². The van der Waals surface area contributed by atoms with E-state index in [2.05, 4.69) is 22.0 Å². The molecular weight excluding hydrogens is 172 g/mol. The van der Waals surface area contributed by atoms with Gasteiger partial charge in [-0.2, -0.15) is 5.10 Å². The van der Waals surface area contributed by atoms with Crippen LogP contribution in [0.4, 0.5) is 0 Å². The molecule has 0 spiro atoms. The van der Waals surface area contributed by atoms with E-state index < -0.39 is 0 Å². The molecule has 0 atom stereocenters. The summed E-state index contributed by atoms with van der Waals surface area (Å²) in [5.41, 5.74) is 1.60. The lowest BCUT2D eigenvalue weighted by Crippen LogP contribution is -1.88. The predicted molar refractivity (Wildman–Crippen MR) is 49.0 cm³/mol. The Hall–Kier alpha value is -1.07. The second kappa shape index (κ2) is 4.74. The topological polar surface area (TPSA) is 25.8 Å². The molecular formula is C9H9ClN2. The van der Waals surface area contributed by atoms with Gasteiger partial charge in [-0.1, -0.05) is 5.92 Å². The van der Waals surface area contributed by atoms with Crippen molar-refractivity contribution in [2.24, 2.45) is 0 Å². The van der Waals surface area contributed by atoms with Crippen molar-refractivity contribution in [3.63, 3.8) is 0 Å². The number of hydrogen-bond acceptors (Lipinski definition) is 2. The summed E-state index contributed by atoms with van der Waals surface area (Å²) in [4.78, 5) is 0. The van der Waals surface area contributed by atoms with E-state index in [1.165, 1.54) is 0 Å². The summed E-state index contributed by atoms with van der Waals surface area (Å²) in [5.74, 6) is 6.31. The molecule has 0 bridgehead atoms. The molecule has 3 heteroatoms. The first-order valence-electron chi connectivity index (χ1n) is 3.68. The molecule has 0 saturated carbocycles. The van der Waals surface area contributed by atoms with Crippen LogP contribution in [0.1, 0.15) is 17.8 Å². The second-order valence-corrected chi connectivity index (χ2v) is 2.68. The smallest absolute Gasteiger partial charge is 0.135 e. The van der Waals surface area contributed by atoms with E-state index >= 15 is 0 Å². The van der Waals surface area contributed by atoms with Gasteiger partial charge in [0.15, 0.2) is 0 Å². The fourth-order valence-corrected chi connectivity index (χ4v) is 0.760. The van der Waals surface area contributed by atoms with Gasteiger partial charge in [0.2, 0.25) is 0 Å².